The van der Waals surface area contributed by atoms with E-state index in [2.05, 4.69) is 15.4 Å². The quantitative estimate of drug-likeness (QED) is 0.748. The predicted molar refractivity (Wildman–Crippen MR) is 95.1 cm³/mol. The maximum atomic E-state index is 8.24. The number of rotatable bonds is 5. The number of benzene rings is 2. The number of hydrogen-bond donors (Lipinski definition) is 2. The Bertz CT molecular complexity index is 935. The molecule has 1 aromatic heterocycles. The molecule has 7 heteroatoms. The summed E-state index contributed by atoms with van der Waals surface area (Å²) in [7, 11) is 4.94. The van der Waals surface area contributed by atoms with E-state index in [0.29, 0.717) is 17.4 Å². The third-order valence-corrected chi connectivity index (χ3v) is 3.73. The van der Waals surface area contributed by atoms with Crippen molar-refractivity contribution in [2.24, 2.45) is 7.05 Å². The van der Waals surface area contributed by atoms with Crippen molar-refractivity contribution in [1.82, 2.24) is 14.8 Å². The van der Waals surface area contributed by atoms with Crippen LogP contribution in [-0.2, 0) is 7.05 Å². The van der Waals surface area contributed by atoms with Crippen molar-refractivity contribution >= 4 is 11.6 Å². The summed E-state index contributed by atoms with van der Waals surface area (Å²) in [6, 6.07) is 14.9. The van der Waals surface area contributed by atoms with Crippen molar-refractivity contribution in [3.05, 3.63) is 54.0 Å². The fraction of sp³-hybridized carbons (Fsp3) is 0.167. The minimum absolute atomic E-state index is 0.218. The molecular formula is C18H19N5O2. The van der Waals surface area contributed by atoms with Crippen LogP contribution in [0.15, 0.2) is 48.5 Å². The van der Waals surface area contributed by atoms with Crippen LogP contribution < -0.4 is 20.3 Å². The summed E-state index contributed by atoms with van der Waals surface area (Å²) in [5.74, 6) is 1.82. The second-order valence-corrected chi connectivity index (χ2v) is 5.31. The molecule has 0 bridgehead atoms. The molecule has 0 unspecified atom stereocenters. The summed E-state index contributed by atoms with van der Waals surface area (Å²) in [6.45, 7) is 0. The first-order valence-electron chi connectivity index (χ1n) is 7.67. The van der Waals surface area contributed by atoms with Crippen molar-refractivity contribution in [1.29, 1.82) is 5.41 Å². The minimum Gasteiger partial charge on any atom is -0.497 e. The largest absolute Gasteiger partial charge is 0.497 e. The minimum atomic E-state index is 0.218. The lowest BCUT2D eigenvalue weighted by molar-refractivity contribution is 0.415. The van der Waals surface area contributed by atoms with Gasteiger partial charge in [0.1, 0.15) is 17.2 Å². The van der Waals surface area contributed by atoms with Gasteiger partial charge in [0, 0.05) is 12.6 Å². The van der Waals surface area contributed by atoms with Crippen LogP contribution >= 0.6 is 0 Å². The van der Waals surface area contributed by atoms with Gasteiger partial charge in [0.25, 0.3) is 0 Å². The summed E-state index contributed by atoms with van der Waals surface area (Å²) in [5.41, 5.74) is 2.31. The molecule has 0 aliphatic rings. The van der Waals surface area contributed by atoms with Gasteiger partial charge in [-0.1, -0.05) is 12.1 Å². The predicted octanol–water partition coefficient (Wildman–Crippen LogP) is 2.72. The molecule has 7 nitrogen and oxygen atoms in total. The SMILES string of the molecule is COc1ccc(-c2nc(Nc3ccccc3OC)nn(C)c2=N)cc1. The molecule has 0 atom stereocenters. The summed E-state index contributed by atoms with van der Waals surface area (Å²) in [4.78, 5) is 4.50. The first kappa shape index (κ1) is 16.5. The number of aryl methyl sites for hydroxylation is 1. The Kier molecular flexibility index (Phi) is 4.65. The number of methoxy groups -OCH3 is 2. The first-order valence-corrected chi connectivity index (χ1v) is 7.67. The topological polar surface area (TPSA) is 85.0 Å². The average Bonchev–Trinajstić information content (AvgIpc) is 2.65. The van der Waals surface area contributed by atoms with Crippen LogP contribution in [0.2, 0.25) is 0 Å². The van der Waals surface area contributed by atoms with Crippen LogP contribution in [0.4, 0.5) is 11.6 Å². The number of ether oxygens (including phenoxy) is 2. The van der Waals surface area contributed by atoms with Crippen LogP contribution in [0.5, 0.6) is 11.5 Å². The number of nitrogens with one attached hydrogen (secondary N) is 2. The Labute approximate surface area is 145 Å². The number of anilines is 2. The maximum absolute atomic E-state index is 8.24. The highest BCUT2D eigenvalue weighted by Crippen LogP contribution is 2.26. The molecule has 3 aromatic rings. The van der Waals surface area contributed by atoms with E-state index >= 15 is 0 Å². The molecule has 0 amide bonds. The molecule has 128 valence electrons. The van der Waals surface area contributed by atoms with Crippen LogP contribution in [0.1, 0.15) is 0 Å². The Morgan fingerprint density at radius 2 is 1.72 bits per heavy atom. The van der Waals surface area contributed by atoms with E-state index in [-0.39, 0.29) is 5.49 Å². The lowest BCUT2D eigenvalue weighted by Crippen LogP contribution is -2.24. The van der Waals surface area contributed by atoms with E-state index in [1.165, 1.54) is 4.68 Å². The summed E-state index contributed by atoms with van der Waals surface area (Å²) < 4.78 is 12.0. The molecule has 0 spiro atoms. The van der Waals surface area contributed by atoms with Crippen LogP contribution in [0.3, 0.4) is 0 Å². The normalized spacial score (nSPS) is 10.4. The van der Waals surface area contributed by atoms with Crippen molar-refractivity contribution < 1.29 is 9.47 Å². The highest BCUT2D eigenvalue weighted by molar-refractivity contribution is 5.64. The monoisotopic (exact) mass is 337 g/mol. The number of para-hydroxylation sites is 2. The lowest BCUT2D eigenvalue weighted by atomic mass is 10.1. The molecule has 0 radical (unpaired) electrons. The number of hydrogen-bond acceptors (Lipinski definition) is 6. The van der Waals surface area contributed by atoms with Crippen LogP contribution in [-0.4, -0.2) is 29.0 Å². The van der Waals surface area contributed by atoms with Crippen LogP contribution in [0, 0.1) is 5.41 Å². The third kappa shape index (κ3) is 3.45. The molecule has 1 heterocycles. The zero-order valence-corrected chi connectivity index (χ0v) is 14.3. The van der Waals surface area contributed by atoms with Crippen molar-refractivity contribution in [2.75, 3.05) is 19.5 Å². The summed E-state index contributed by atoms with van der Waals surface area (Å²) in [5, 5.41) is 15.7. The standard InChI is InChI=1S/C18H19N5O2/c1-23-17(19)16(12-8-10-13(24-2)11-9-12)21-18(22-23)20-14-6-4-5-7-15(14)25-3/h4-11,19H,1-3H3,(H,20,22). The van der Waals surface area contributed by atoms with Gasteiger partial charge in [-0.05, 0) is 36.4 Å². The lowest BCUT2D eigenvalue weighted by Gasteiger charge is -2.12. The fourth-order valence-electron chi connectivity index (χ4n) is 2.40. The molecular weight excluding hydrogens is 318 g/mol. The summed E-state index contributed by atoms with van der Waals surface area (Å²) in [6.07, 6.45) is 0. The van der Waals surface area contributed by atoms with Gasteiger partial charge in [-0.15, -0.1) is 5.10 Å². The fourth-order valence-corrected chi connectivity index (χ4v) is 2.40. The second kappa shape index (κ2) is 7.04. The van der Waals surface area contributed by atoms with Gasteiger partial charge >= 0.3 is 0 Å². The molecule has 0 fully saturated rings. The van der Waals surface area contributed by atoms with Gasteiger partial charge < -0.3 is 14.8 Å². The van der Waals surface area contributed by atoms with E-state index in [1.807, 2.05) is 48.5 Å². The highest BCUT2D eigenvalue weighted by Gasteiger charge is 2.10. The van der Waals surface area contributed by atoms with E-state index in [0.717, 1.165) is 17.0 Å². The smallest absolute Gasteiger partial charge is 0.245 e. The van der Waals surface area contributed by atoms with E-state index in [4.69, 9.17) is 14.9 Å². The molecule has 2 N–H and O–H groups in total. The zero-order chi connectivity index (χ0) is 17.8. The first-order chi connectivity index (χ1) is 12.1. The molecule has 0 saturated carbocycles. The Hall–Kier alpha value is -3.35. The van der Waals surface area contributed by atoms with Gasteiger partial charge in [-0.2, -0.15) is 0 Å². The van der Waals surface area contributed by atoms with E-state index in [9.17, 15) is 0 Å². The van der Waals surface area contributed by atoms with Crippen LogP contribution in [0.25, 0.3) is 11.3 Å². The molecule has 0 aliphatic carbocycles. The Morgan fingerprint density at radius 1 is 1.00 bits per heavy atom. The summed E-state index contributed by atoms with van der Waals surface area (Å²) >= 11 is 0. The van der Waals surface area contributed by atoms with Crippen molar-refractivity contribution in [3.8, 4) is 22.8 Å². The van der Waals surface area contributed by atoms with Gasteiger partial charge in [0.2, 0.25) is 5.95 Å². The van der Waals surface area contributed by atoms with Gasteiger partial charge in [0.15, 0.2) is 5.49 Å². The van der Waals surface area contributed by atoms with Gasteiger partial charge in [0.05, 0.1) is 19.9 Å². The molecule has 2 aromatic carbocycles. The molecule has 25 heavy (non-hydrogen) atoms. The Morgan fingerprint density at radius 3 is 2.40 bits per heavy atom. The highest BCUT2D eigenvalue weighted by atomic mass is 16.5. The van der Waals surface area contributed by atoms with E-state index in [1.54, 1.807) is 21.3 Å². The molecule has 0 saturated heterocycles. The van der Waals surface area contributed by atoms with Crippen molar-refractivity contribution in [2.45, 2.75) is 0 Å². The molecule has 0 aliphatic heterocycles. The zero-order valence-electron chi connectivity index (χ0n) is 14.3. The van der Waals surface area contributed by atoms with E-state index < -0.39 is 0 Å². The molecule has 3 rings (SSSR count). The Balaban J connectivity index is 2.02. The number of nitrogens with zero attached hydrogens (tertiary/aromatic N) is 3. The third-order valence-electron chi connectivity index (χ3n) is 3.73. The van der Waals surface area contributed by atoms with Gasteiger partial charge in [-0.3, -0.25) is 5.41 Å². The number of aromatic nitrogens is 3. The maximum Gasteiger partial charge on any atom is 0.245 e. The van der Waals surface area contributed by atoms with Crippen molar-refractivity contribution in [3.63, 3.8) is 0 Å². The van der Waals surface area contributed by atoms with Gasteiger partial charge in [-0.25, -0.2) is 9.67 Å². The second-order valence-electron chi connectivity index (χ2n) is 5.31. The average molecular weight is 337 g/mol.